The molecule has 5 nitrogen and oxygen atoms in total. The molecule has 104 valence electrons. The molecule has 19 heavy (non-hydrogen) atoms. The van der Waals surface area contributed by atoms with Crippen LogP contribution in [0, 0.1) is 0 Å². The van der Waals surface area contributed by atoms with Crippen LogP contribution in [0.15, 0.2) is 30.3 Å². The van der Waals surface area contributed by atoms with Gasteiger partial charge in [-0.15, -0.1) is 0 Å². The van der Waals surface area contributed by atoms with E-state index >= 15 is 0 Å². The number of aliphatic carboxylic acids is 1. The minimum Gasteiger partial charge on any atom is -0.478 e. The van der Waals surface area contributed by atoms with Crippen molar-refractivity contribution in [2.45, 2.75) is 6.54 Å². The molecule has 3 N–H and O–H groups in total. The van der Waals surface area contributed by atoms with Gasteiger partial charge in [0.15, 0.2) is 0 Å². The minimum atomic E-state index is -0.989. The molecular formula is C14H19NO4. The smallest absolute Gasteiger partial charge is 0.328 e. The molecule has 1 rings (SSSR count). The highest BCUT2D eigenvalue weighted by molar-refractivity contribution is 5.85. The zero-order chi connectivity index (χ0) is 14.1. The van der Waals surface area contributed by atoms with Crippen LogP contribution < -0.4 is 0 Å². The van der Waals surface area contributed by atoms with Gasteiger partial charge in [-0.3, -0.25) is 4.90 Å². The van der Waals surface area contributed by atoms with Gasteiger partial charge in [0.25, 0.3) is 0 Å². The molecule has 1 aromatic rings. The summed E-state index contributed by atoms with van der Waals surface area (Å²) >= 11 is 0. The fraction of sp³-hybridized carbons (Fsp3) is 0.357. The third-order valence-electron chi connectivity index (χ3n) is 2.69. The zero-order valence-corrected chi connectivity index (χ0v) is 10.7. The Morgan fingerprint density at radius 3 is 2.37 bits per heavy atom. The maximum absolute atomic E-state index is 10.5. The minimum absolute atomic E-state index is 0.0210. The number of benzene rings is 1. The van der Waals surface area contributed by atoms with Crippen molar-refractivity contribution in [2.75, 3.05) is 26.3 Å². The summed E-state index contributed by atoms with van der Waals surface area (Å²) in [5.74, 6) is -0.989. The van der Waals surface area contributed by atoms with Gasteiger partial charge >= 0.3 is 5.97 Å². The van der Waals surface area contributed by atoms with Crippen LogP contribution in [-0.2, 0) is 11.3 Å². The molecule has 0 saturated carbocycles. The van der Waals surface area contributed by atoms with Crippen LogP contribution in [0.3, 0.4) is 0 Å². The highest BCUT2D eigenvalue weighted by Gasteiger charge is 2.07. The number of carboxylic acids is 1. The largest absolute Gasteiger partial charge is 0.478 e. The molecular weight excluding hydrogens is 246 g/mol. The van der Waals surface area contributed by atoms with Crippen molar-refractivity contribution in [3.05, 3.63) is 41.5 Å². The van der Waals surface area contributed by atoms with Gasteiger partial charge in [0.05, 0.1) is 13.2 Å². The summed E-state index contributed by atoms with van der Waals surface area (Å²) in [5.41, 5.74) is 1.78. The van der Waals surface area contributed by atoms with Crippen LogP contribution in [-0.4, -0.2) is 52.5 Å². The standard InChI is InChI=1S/C14H19NO4/c16-9-7-15(8-10-17)11-13-4-2-1-3-12(13)5-6-14(18)19/h1-6,16-17H,7-11H2,(H,18,19). The summed E-state index contributed by atoms with van der Waals surface area (Å²) in [6, 6.07) is 7.46. The van der Waals surface area contributed by atoms with Crippen LogP contribution in [0.5, 0.6) is 0 Å². The second-order valence-electron chi connectivity index (χ2n) is 4.09. The molecule has 5 heteroatoms. The van der Waals surface area contributed by atoms with E-state index < -0.39 is 5.97 Å². The van der Waals surface area contributed by atoms with Gasteiger partial charge in [-0.05, 0) is 17.2 Å². The molecule has 0 saturated heterocycles. The Morgan fingerprint density at radius 1 is 1.16 bits per heavy atom. The highest BCUT2D eigenvalue weighted by Crippen LogP contribution is 2.13. The second-order valence-corrected chi connectivity index (χ2v) is 4.09. The molecule has 0 aliphatic rings. The number of hydrogen-bond acceptors (Lipinski definition) is 4. The van der Waals surface area contributed by atoms with Crippen LogP contribution in [0.25, 0.3) is 6.08 Å². The molecule has 0 aliphatic heterocycles. The van der Waals surface area contributed by atoms with Gasteiger partial charge in [-0.2, -0.15) is 0 Å². The molecule has 0 fully saturated rings. The lowest BCUT2D eigenvalue weighted by molar-refractivity contribution is -0.131. The number of carboxylic acid groups (broad SMARTS) is 1. The third kappa shape index (κ3) is 5.65. The molecule has 0 atom stereocenters. The van der Waals surface area contributed by atoms with E-state index in [-0.39, 0.29) is 13.2 Å². The van der Waals surface area contributed by atoms with Crippen molar-refractivity contribution in [2.24, 2.45) is 0 Å². The van der Waals surface area contributed by atoms with Crippen molar-refractivity contribution in [3.8, 4) is 0 Å². The van der Waals surface area contributed by atoms with E-state index in [1.54, 1.807) is 6.08 Å². The van der Waals surface area contributed by atoms with Crippen molar-refractivity contribution in [3.63, 3.8) is 0 Å². The molecule has 0 bridgehead atoms. The molecule has 0 radical (unpaired) electrons. The molecule has 0 spiro atoms. The SMILES string of the molecule is O=C(O)C=Cc1ccccc1CN(CCO)CCO. The summed E-state index contributed by atoms with van der Waals surface area (Å²) in [6.45, 7) is 1.54. The number of aliphatic hydroxyl groups excluding tert-OH is 2. The zero-order valence-electron chi connectivity index (χ0n) is 10.7. The fourth-order valence-electron chi connectivity index (χ4n) is 1.80. The number of carbonyl (C=O) groups is 1. The first-order valence-electron chi connectivity index (χ1n) is 6.10. The van der Waals surface area contributed by atoms with Gasteiger partial charge in [-0.25, -0.2) is 4.79 Å². The van der Waals surface area contributed by atoms with Crippen LogP contribution >= 0.6 is 0 Å². The third-order valence-corrected chi connectivity index (χ3v) is 2.69. The van der Waals surface area contributed by atoms with Crippen molar-refractivity contribution >= 4 is 12.0 Å². The van der Waals surface area contributed by atoms with Crippen molar-refractivity contribution in [1.82, 2.24) is 4.90 Å². The predicted molar refractivity (Wildman–Crippen MR) is 72.6 cm³/mol. The lowest BCUT2D eigenvalue weighted by Gasteiger charge is -2.21. The quantitative estimate of drug-likeness (QED) is 0.599. The first-order chi connectivity index (χ1) is 9.17. The van der Waals surface area contributed by atoms with Gasteiger partial charge in [0, 0.05) is 25.7 Å². The summed E-state index contributed by atoms with van der Waals surface area (Å²) in [6.07, 6.45) is 2.65. The van der Waals surface area contributed by atoms with E-state index in [1.165, 1.54) is 0 Å². The average molecular weight is 265 g/mol. The molecule has 0 heterocycles. The maximum Gasteiger partial charge on any atom is 0.328 e. The van der Waals surface area contributed by atoms with Crippen LogP contribution in [0.1, 0.15) is 11.1 Å². The maximum atomic E-state index is 10.5. The Balaban J connectivity index is 2.83. The van der Waals surface area contributed by atoms with Crippen molar-refractivity contribution < 1.29 is 20.1 Å². The topological polar surface area (TPSA) is 81.0 Å². The summed E-state index contributed by atoms with van der Waals surface area (Å²) in [7, 11) is 0. The first kappa shape index (κ1) is 15.4. The first-order valence-corrected chi connectivity index (χ1v) is 6.10. The molecule has 0 unspecified atom stereocenters. The van der Waals surface area contributed by atoms with E-state index in [9.17, 15) is 4.79 Å². The highest BCUT2D eigenvalue weighted by atomic mass is 16.4. The molecule has 1 aromatic carbocycles. The lowest BCUT2D eigenvalue weighted by atomic mass is 10.1. The van der Waals surface area contributed by atoms with E-state index in [2.05, 4.69) is 0 Å². The van der Waals surface area contributed by atoms with Gasteiger partial charge in [0.2, 0.25) is 0 Å². The Morgan fingerprint density at radius 2 is 1.79 bits per heavy atom. The monoisotopic (exact) mass is 265 g/mol. The fourth-order valence-corrected chi connectivity index (χ4v) is 1.80. The molecule has 0 amide bonds. The normalized spacial score (nSPS) is 11.3. The summed E-state index contributed by atoms with van der Waals surface area (Å²) in [4.78, 5) is 12.5. The number of aliphatic hydroxyl groups is 2. The van der Waals surface area contributed by atoms with E-state index in [4.69, 9.17) is 15.3 Å². The van der Waals surface area contributed by atoms with E-state index in [1.807, 2.05) is 29.2 Å². The molecule has 0 aromatic heterocycles. The summed E-state index contributed by atoms with van der Waals surface area (Å²) < 4.78 is 0. The Kier molecular flexibility index (Phi) is 6.81. The van der Waals surface area contributed by atoms with Crippen LogP contribution in [0.2, 0.25) is 0 Å². The summed E-state index contributed by atoms with van der Waals surface area (Å²) in [5, 5.41) is 26.6. The number of rotatable bonds is 8. The number of nitrogens with zero attached hydrogens (tertiary/aromatic N) is 1. The predicted octanol–water partition coefficient (Wildman–Crippen LogP) is 0.571. The van der Waals surface area contributed by atoms with Crippen molar-refractivity contribution in [1.29, 1.82) is 0 Å². The van der Waals surface area contributed by atoms with E-state index in [0.29, 0.717) is 19.6 Å². The van der Waals surface area contributed by atoms with Gasteiger partial charge in [-0.1, -0.05) is 24.3 Å². The average Bonchev–Trinajstić information content (AvgIpc) is 2.38. The Labute approximate surface area is 112 Å². The van der Waals surface area contributed by atoms with Gasteiger partial charge in [0.1, 0.15) is 0 Å². The van der Waals surface area contributed by atoms with Gasteiger partial charge < -0.3 is 15.3 Å². The number of hydrogen-bond donors (Lipinski definition) is 3. The lowest BCUT2D eigenvalue weighted by Crippen LogP contribution is -2.29. The molecule has 0 aliphatic carbocycles. The Hall–Kier alpha value is -1.69. The Bertz CT molecular complexity index is 425. The van der Waals surface area contributed by atoms with E-state index in [0.717, 1.165) is 17.2 Å². The van der Waals surface area contributed by atoms with Crippen LogP contribution in [0.4, 0.5) is 0 Å². The second kappa shape index (κ2) is 8.42.